The van der Waals surface area contributed by atoms with Gasteiger partial charge in [0.1, 0.15) is 11.3 Å². The highest BCUT2D eigenvalue weighted by molar-refractivity contribution is 6.34. The van der Waals surface area contributed by atoms with Crippen LogP contribution in [0.3, 0.4) is 0 Å². The summed E-state index contributed by atoms with van der Waals surface area (Å²) in [7, 11) is 1.99. The van der Waals surface area contributed by atoms with Crippen LogP contribution in [0.15, 0.2) is 58.0 Å². The summed E-state index contributed by atoms with van der Waals surface area (Å²) < 4.78 is 7.24. The summed E-state index contributed by atoms with van der Waals surface area (Å²) in [5, 5.41) is 16.7. The summed E-state index contributed by atoms with van der Waals surface area (Å²) in [4.78, 5) is 15.3. The fourth-order valence-corrected chi connectivity index (χ4v) is 3.95. The molecule has 2 aromatic carbocycles. The van der Waals surface area contributed by atoms with Gasteiger partial charge in [0, 0.05) is 41.2 Å². The predicted molar refractivity (Wildman–Crippen MR) is 113 cm³/mol. The summed E-state index contributed by atoms with van der Waals surface area (Å²) in [6, 6.07) is 13.1. The number of rotatable bonds is 2. The fourth-order valence-electron chi connectivity index (χ4n) is 3.68. The molecule has 2 N–H and O–H groups in total. The van der Waals surface area contributed by atoms with Crippen LogP contribution in [0.2, 0.25) is 5.02 Å². The van der Waals surface area contributed by atoms with Crippen molar-refractivity contribution in [1.82, 2.24) is 14.7 Å². The number of hydrogen-bond acceptors (Lipinski definition) is 4. The molecule has 0 aliphatic heterocycles. The lowest BCUT2D eigenvalue weighted by Gasteiger charge is -2.10. The topological polar surface area (TPSA) is 84.0 Å². The lowest BCUT2D eigenvalue weighted by atomic mass is 10.00. The van der Waals surface area contributed by atoms with Gasteiger partial charge in [0.25, 0.3) is 5.56 Å². The number of aromatic nitrogens is 3. The second kappa shape index (κ2) is 6.25. The van der Waals surface area contributed by atoms with Crippen LogP contribution in [0.4, 0.5) is 0 Å². The van der Waals surface area contributed by atoms with Gasteiger partial charge in [0.2, 0.25) is 0 Å². The van der Waals surface area contributed by atoms with Crippen molar-refractivity contribution in [3.63, 3.8) is 0 Å². The molecule has 29 heavy (non-hydrogen) atoms. The number of nitrogens with one attached hydrogen (secondary N) is 1. The molecule has 0 bridgehead atoms. The molecule has 0 amide bonds. The Kier molecular flexibility index (Phi) is 3.79. The van der Waals surface area contributed by atoms with Gasteiger partial charge >= 0.3 is 0 Å². The van der Waals surface area contributed by atoms with Gasteiger partial charge in [-0.15, -0.1) is 0 Å². The van der Waals surface area contributed by atoms with Gasteiger partial charge in [-0.25, -0.2) is 0 Å². The molecule has 0 unspecified atom stereocenters. The summed E-state index contributed by atoms with van der Waals surface area (Å²) in [5.41, 5.74) is 3.42. The quantitative estimate of drug-likeness (QED) is 0.432. The lowest BCUT2D eigenvalue weighted by Crippen LogP contribution is -2.09. The van der Waals surface area contributed by atoms with Crippen LogP contribution < -0.4 is 5.56 Å². The van der Waals surface area contributed by atoms with Crippen LogP contribution in [-0.2, 0) is 7.05 Å². The Labute approximate surface area is 170 Å². The largest absolute Gasteiger partial charge is 0.506 e. The van der Waals surface area contributed by atoms with Gasteiger partial charge in [-0.3, -0.25) is 4.79 Å². The van der Waals surface area contributed by atoms with Gasteiger partial charge in [-0.2, -0.15) is 0 Å². The molecule has 0 spiro atoms. The first kappa shape index (κ1) is 17.6. The van der Waals surface area contributed by atoms with Gasteiger partial charge < -0.3 is 19.2 Å². The number of benzene rings is 2. The number of pyridine rings is 1. The average molecular weight is 406 g/mol. The molecule has 0 aliphatic carbocycles. The first-order valence-electron chi connectivity index (χ1n) is 9.00. The highest BCUT2D eigenvalue weighted by Gasteiger charge is 2.19. The molecule has 3 aromatic heterocycles. The minimum Gasteiger partial charge on any atom is -0.506 e. The van der Waals surface area contributed by atoms with Crippen molar-refractivity contribution in [2.45, 2.75) is 6.92 Å². The third-order valence-corrected chi connectivity index (χ3v) is 5.46. The molecule has 0 saturated carbocycles. The minimum atomic E-state index is -0.472. The average Bonchev–Trinajstić information content (AvgIpc) is 3.27. The zero-order valence-corrected chi connectivity index (χ0v) is 16.4. The predicted octanol–water partition coefficient (Wildman–Crippen LogP) is 5.01. The Hall–Kier alpha value is -3.51. The molecule has 7 heteroatoms. The number of aromatic amines is 1. The number of aromatic hydroxyl groups is 1. The molecule has 0 saturated heterocycles. The first-order chi connectivity index (χ1) is 13.9. The highest BCUT2D eigenvalue weighted by Crippen LogP contribution is 2.38. The molecule has 6 nitrogen and oxygen atoms in total. The Balaban J connectivity index is 1.76. The molecular formula is C22H16ClN3O3. The van der Waals surface area contributed by atoms with Crippen LogP contribution in [0, 0.1) is 6.92 Å². The Bertz CT molecular complexity index is 1480. The second-order valence-corrected chi connectivity index (χ2v) is 7.50. The van der Waals surface area contributed by atoms with Crippen molar-refractivity contribution in [2.24, 2.45) is 7.05 Å². The van der Waals surface area contributed by atoms with Crippen molar-refractivity contribution >= 4 is 33.4 Å². The van der Waals surface area contributed by atoms with Crippen molar-refractivity contribution in [3.8, 4) is 28.2 Å². The lowest BCUT2D eigenvalue weighted by molar-refractivity contribution is 0.421. The van der Waals surface area contributed by atoms with E-state index in [1.54, 1.807) is 25.1 Å². The van der Waals surface area contributed by atoms with E-state index >= 15 is 0 Å². The normalized spacial score (nSPS) is 11.6. The van der Waals surface area contributed by atoms with E-state index in [0.29, 0.717) is 21.6 Å². The number of hydrogen-bond donors (Lipinski definition) is 2. The van der Waals surface area contributed by atoms with Crippen LogP contribution in [-0.4, -0.2) is 19.8 Å². The van der Waals surface area contributed by atoms with Crippen molar-refractivity contribution in [3.05, 3.63) is 69.7 Å². The second-order valence-electron chi connectivity index (χ2n) is 7.09. The van der Waals surface area contributed by atoms with E-state index in [2.05, 4.69) is 10.1 Å². The number of halogens is 1. The zero-order chi connectivity index (χ0) is 20.3. The SMILES string of the molecule is Cc1cc(-c2c(O)c3cc(-c4ccc5c(ccn5C)c4)c(Cl)cc3[nH]c2=O)on1. The standard InChI is InChI=1S/C22H16ClN3O3/c1-11-7-19(29-25-11)20-21(27)15-9-14(16(23)10-17(15)24-22(20)28)12-3-4-18-13(8-12)5-6-26(18)2/h3-10H,1-2H3,(H2,24,27,28). The van der Waals surface area contributed by atoms with Crippen molar-refractivity contribution < 1.29 is 9.63 Å². The van der Waals surface area contributed by atoms with E-state index in [9.17, 15) is 9.90 Å². The summed E-state index contributed by atoms with van der Waals surface area (Å²) in [6.07, 6.45) is 2.00. The molecule has 0 aliphatic rings. The molecular weight excluding hydrogens is 390 g/mol. The van der Waals surface area contributed by atoms with E-state index in [0.717, 1.165) is 22.0 Å². The Morgan fingerprint density at radius 2 is 2.00 bits per heavy atom. The van der Waals surface area contributed by atoms with Crippen LogP contribution >= 0.6 is 11.6 Å². The van der Waals surface area contributed by atoms with Crippen molar-refractivity contribution in [2.75, 3.05) is 0 Å². The zero-order valence-electron chi connectivity index (χ0n) is 15.7. The van der Waals surface area contributed by atoms with Crippen LogP contribution in [0.5, 0.6) is 5.75 Å². The fraction of sp³-hybridized carbons (Fsp3) is 0.0909. The van der Waals surface area contributed by atoms with Gasteiger partial charge in [-0.1, -0.05) is 22.8 Å². The maximum atomic E-state index is 12.5. The van der Waals surface area contributed by atoms with Gasteiger partial charge in [-0.05, 0) is 42.8 Å². The van der Waals surface area contributed by atoms with Gasteiger partial charge in [0.05, 0.1) is 16.2 Å². The number of aryl methyl sites for hydroxylation is 2. The molecule has 5 aromatic rings. The van der Waals surface area contributed by atoms with Crippen LogP contribution in [0.1, 0.15) is 5.69 Å². The number of nitrogens with zero attached hydrogens (tertiary/aromatic N) is 2. The van der Waals surface area contributed by atoms with Crippen molar-refractivity contribution in [1.29, 1.82) is 0 Å². The number of fused-ring (bicyclic) bond motifs is 2. The van der Waals surface area contributed by atoms with E-state index in [1.165, 1.54) is 0 Å². The van der Waals surface area contributed by atoms with Gasteiger partial charge in [0.15, 0.2) is 5.76 Å². The Morgan fingerprint density at radius 3 is 2.76 bits per heavy atom. The van der Waals surface area contributed by atoms with E-state index < -0.39 is 5.56 Å². The summed E-state index contributed by atoms with van der Waals surface area (Å²) >= 11 is 6.52. The molecule has 5 rings (SSSR count). The molecule has 0 radical (unpaired) electrons. The first-order valence-corrected chi connectivity index (χ1v) is 9.38. The molecule has 0 atom stereocenters. The molecule has 144 valence electrons. The van der Waals surface area contributed by atoms with E-state index in [4.69, 9.17) is 16.1 Å². The number of H-pyrrole nitrogens is 1. The molecule has 3 heterocycles. The minimum absolute atomic E-state index is 0.0462. The summed E-state index contributed by atoms with van der Waals surface area (Å²) in [6.45, 7) is 1.75. The Morgan fingerprint density at radius 1 is 1.17 bits per heavy atom. The maximum Gasteiger partial charge on any atom is 0.263 e. The monoisotopic (exact) mass is 405 g/mol. The highest BCUT2D eigenvalue weighted by atomic mass is 35.5. The van der Waals surface area contributed by atoms with E-state index in [-0.39, 0.29) is 17.1 Å². The third kappa shape index (κ3) is 2.72. The summed E-state index contributed by atoms with van der Waals surface area (Å²) in [5.74, 6) is 0.0453. The van der Waals surface area contributed by atoms with Crippen LogP contribution in [0.25, 0.3) is 44.3 Å². The van der Waals surface area contributed by atoms with E-state index in [1.807, 2.05) is 42.1 Å². The smallest absolute Gasteiger partial charge is 0.263 e. The maximum absolute atomic E-state index is 12.5. The third-order valence-electron chi connectivity index (χ3n) is 5.14. The molecule has 0 fully saturated rings.